The van der Waals surface area contributed by atoms with Crippen LogP contribution in [0.25, 0.3) is 0 Å². The zero-order chi connectivity index (χ0) is 15.6. The van der Waals surface area contributed by atoms with Crippen molar-refractivity contribution in [2.45, 2.75) is 38.5 Å². The van der Waals surface area contributed by atoms with Crippen LogP contribution >= 0.6 is 11.3 Å². The molecule has 3 rings (SSSR count). The summed E-state index contributed by atoms with van der Waals surface area (Å²) in [4.78, 5) is 7.53. The molecule has 22 heavy (non-hydrogen) atoms. The molecule has 0 N–H and O–H groups in total. The van der Waals surface area contributed by atoms with E-state index in [0.29, 0.717) is 24.6 Å². The van der Waals surface area contributed by atoms with E-state index in [2.05, 4.69) is 15.0 Å². The van der Waals surface area contributed by atoms with E-state index < -0.39 is 12.7 Å². The first-order valence-corrected chi connectivity index (χ1v) is 8.12. The Morgan fingerprint density at radius 2 is 2.00 bits per heavy atom. The molecule has 0 spiro atoms. The third-order valence-electron chi connectivity index (χ3n) is 3.60. The lowest BCUT2D eigenvalue weighted by atomic mass is 10.3. The first kappa shape index (κ1) is 15.5. The third kappa shape index (κ3) is 4.07. The Morgan fingerprint density at radius 1 is 1.23 bits per heavy atom. The number of thiophene rings is 1. The largest absolute Gasteiger partial charge is 0.408 e. The fourth-order valence-corrected chi connectivity index (χ4v) is 3.33. The zero-order valence-corrected chi connectivity index (χ0v) is 12.8. The molecule has 0 atom stereocenters. The maximum absolute atomic E-state index is 12.7. The van der Waals surface area contributed by atoms with Crippen molar-refractivity contribution in [2.24, 2.45) is 0 Å². The summed E-state index contributed by atoms with van der Waals surface area (Å²) in [6.07, 6.45) is -1.62. The Morgan fingerprint density at radius 3 is 2.64 bits per heavy atom. The maximum Gasteiger partial charge on any atom is 0.408 e. The molecule has 0 aliphatic carbocycles. The maximum atomic E-state index is 12.7. The number of likely N-dealkylation sites (tertiary alicyclic amines) is 1. The van der Waals surface area contributed by atoms with E-state index in [0.717, 1.165) is 35.5 Å². The second-order valence-corrected chi connectivity index (χ2v) is 6.49. The predicted molar refractivity (Wildman–Crippen MR) is 77.7 cm³/mol. The van der Waals surface area contributed by atoms with Crippen molar-refractivity contribution in [1.82, 2.24) is 19.7 Å². The first-order valence-electron chi connectivity index (χ1n) is 7.24. The summed E-state index contributed by atoms with van der Waals surface area (Å²) in [6, 6.07) is 3.85. The lowest BCUT2D eigenvalue weighted by Crippen LogP contribution is -2.25. The molecule has 2 aromatic heterocycles. The first-order chi connectivity index (χ1) is 10.5. The van der Waals surface area contributed by atoms with Crippen molar-refractivity contribution < 1.29 is 13.2 Å². The summed E-state index contributed by atoms with van der Waals surface area (Å²) in [7, 11) is 0. The van der Waals surface area contributed by atoms with Crippen LogP contribution in [0.15, 0.2) is 17.5 Å². The van der Waals surface area contributed by atoms with E-state index in [1.807, 2.05) is 17.5 Å². The van der Waals surface area contributed by atoms with Gasteiger partial charge in [-0.05, 0) is 37.4 Å². The van der Waals surface area contributed by atoms with Crippen molar-refractivity contribution in [3.63, 3.8) is 0 Å². The van der Waals surface area contributed by atoms with Gasteiger partial charge in [0.2, 0.25) is 0 Å². The summed E-state index contributed by atoms with van der Waals surface area (Å²) < 4.78 is 39.2. The Kier molecular flexibility index (Phi) is 4.49. The smallest absolute Gasteiger partial charge is 0.296 e. The Hall–Kier alpha value is -1.41. The van der Waals surface area contributed by atoms with Crippen LogP contribution in [-0.4, -0.2) is 38.9 Å². The van der Waals surface area contributed by atoms with E-state index in [4.69, 9.17) is 0 Å². The Bertz CT molecular complexity index is 600. The van der Waals surface area contributed by atoms with Gasteiger partial charge in [-0.1, -0.05) is 6.07 Å². The molecular formula is C14H17F3N4S. The van der Waals surface area contributed by atoms with Gasteiger partial charge in [-0.15, -0.1) is 11.3 Å². The number of nitrogens with zero attached hydrogens (tertiary/aromatic N) is 4. The van der Waals surface area contributed by atoms with Gasteiger partial charge in [0.15, 0.2) is 5.82 Å². The van der Waals surface area contributed by atoms with Crippen molar-refractivity contribution in [3.8, 4) is 0 Å². The second kappa shape index (κ2) is 6.37. The summed E-state index contributed by atoms with van der Waals surface area (Å²) in [5, 5.41) is 6.02. The number of rotatable bonds is 5. The topological polar surface area (TPSA) is 34.0 Å². The fraction of sp³-hybridized carbons (Fsp3) is 0.571. The van der Waals surface area contributed by atoms with Gasteiger partial charge in [0.05, 0.1) is 6.54 Å². The lowest BCUT2D eigenvalue weighted by molar-refractivity contribution is -0.143. The number of halogens is 3. The number of alkyl halides is 3. The van der Waals surface area contributed by atoms with Gasteiger partial charge in [-0.2, -0.15) is 18.3 Å². The monoisotopic (exact) mass is 330 g/mol. The van der Waals surface area contributed by atoms with Crippen molar-refractivity contribution >= 4 is 11.3 Å². The molecule has 8 heteroatoms. The molecule has 0 saturated carbocycles. The molecular weight excluding hydrogens is 313 g/mol. The number of hydrogen-bond acceptors (Lipinski definition) is 4. The highest BCUT2D eigenvalue weighted by atomic mass is 32.1. The van der Waals surface area contributed by atoms with E-state index >= 15 is 0 Å². The Labute approximate surface area is 130 Å². The van der Waals surface area contributed by atoms with Crippen LogP contribution in [0.5, 0.6) is 0 Å². The van der Waals surface area contributed by atoms with Gasteiger partial charge in [-0.3, -0.25) is 4.90 Å². The molecule has 1 aliphatic heterocycles. The molecule has 120 valence electrons. The Balaban J connectivity index is 1.79. The van der Waals surface area contributed by atoms with E-state index in [1.54, 1.807) is 11.3 Å². The van der Waals surface area contributed by atoms with Crippen LogP contribution in [0, 0.1) is 0 Å². The van der Waals surface area contributed by atoms with E-state index in [9.17, 15) is 13.2 Å². The van der Waals surface area contributed by atoms with Gasteiger partial charge in [0.25, 0.3) is 0 Å². The lowest BCUT2D eigenvalue weighted by Gasteiger charge is -2.15. The summed E-state index contributed by atoms with van der Waals surface area (Å²) >= 11 is 1.56. The predicted octanol–water partition coefficient (Wildman–Crippen LogP) is 3.09. The highest BCUT2D eigenvalue weighted by Gasteiger charge is 2.31. The molecule has 2 aromatic rings. The van der Waals surface area contributed by atoms with E-state index in [-0.39, 0.29) is 0 Å². The molecule has 0 bridgehead atoms. The molecule has 4 nitrogen and oxygen atoms in total. The van der Waals surface area contributed by atoms with Crippen LogP contribution in [0.2, 0.25) is 0 Å². The quantitative estimate of drug-likeness (QED) is 0.845. The number of hydrogen-bond donors (Lipinski definition) is 0. The van der Waals surface area contributed by atoms with Gasteiger partial charge >= 0.3 is 6.18 Å². The van der Waals surface area contributed by atoms with Gasteiger partial charge in [0.1, 0.15) is 12.4 Å². The van der Waals surface area contributed by atoms with Crippen LogP contribution in [0.1, 0.15) is 29.4 Å². The minimum atomic E-state index is -4.28. The molecule has 1 aliphatic rings. The molecule has 0 amide bonds. The van der Waals surface area contributed by atoms with Gasteiger partial charge in [0, 0.05) is 11.3 Å². The molecule has 0 radical (unpaired) electrons. The van der Waals surface area contributed by atoms with Crippen LogP contribution in [0.4, 0.5) is 13.2 Å². The van der Waals surface area contributed by atoms with Crippen LogP contribution in [0.3, 0.4) is 0 Å². The van der Waals surface area contributed by atoms with Gasteiger partial charge in [-0.25, -0.2) is 9.67 Å². The molecule has 0 aromatic carbocycles. The fourth-order valence-electron chi connectivity index (χ4n) is 2.62. The standard InChI is InChI=1S/C14H17F3N4S/c15-14(16,17)10-21-13(9-20-5-1-2-6-20)18-12(19-21)8-11-4-3-7-22-11/h3-4,7H,1-2,5-6,8-10H2. The second-order valence-electron chi connectivity index (χ2n) is 5.46. The normalized spacial score (nSPS) is 16.5. The molecule has 1 saturated heterocycles. The van der Waals surface area contributed by atoms with Crippen molar-refractivity contribution in [3.05, 3.63) is 34.0 Å². The summed E-state index contributed by atoms with van der Waals surface area (Å²) in [6.45, 7) is 1.19. The average molecular weight is 330 g/mol. The minimum Gasteiger partial charge on any atom is -0.296 e. The van der Waals surface area contributed by atoms with E-state index in [1.165, 1.54) is 0 Å². The SMILES string of the molecule is FC(F)(F)Cn1nc(Cc2cccs2)nc1CN1CCCC1. The van der Waals surface area contributed by atoms with Crippen molar-refractivity contribution in [1.29, 1.82) is 0 Å². The summed E-state index contributed by atoms with van der Waals surface area (Å²) in [5.41, 5.74) is 0. The van der Waals surface area contributed by atoms with Gasteiger partial charge < -0.3 is 0 Å². The van der Waals surface area contributed by atoms with Crippen molar-refractivity contribution in [2.75, 3.05) is 13.1 Å². The zero-order valence-electron chi connectivity index (χ0n) is 12.0. The third-order valence-corrected chi connectivity index (χ3v) is 4.47. The summed E-state index contributed by atoms with van der Waals surface area (Å²) in [5.74, 6) is 0.867. The molecule has 0 unspecified atom stereocenters. The highest BCUT2D eigenvalue weighted by Crippen LogP contribution is 2.20. The minimum absolute atomic E-state index is 0.408. The number of aromatic nitrogens is 3. The average Bonchev–Trinajstić information content (AvgIpc) is 3.12. The molecule has 3 heterocycles. The highest BCUT2D eigenvalue weighted by molar-refractivity contribution is 7.09. The van der Waals surface area contributed by atoms with Crippen LogP contribution in [-0.2, 0) is 19.5 Å². The van der Waals surface area contributed by atoms with Crippen LogP contribution < -0.4 is 0 Å². The molecule has 1 fully saturated rings.